The maximum atomic E-state index is 8.86. The number of nitrogens with zero attached hydrogens (tertiary/aromatic N) is 3. The van der Waals surface area contributed by atoms with Crippen LogP contribution in [-0.4, -0.2) is 27.5 Å². The normalized spacial score (nSPS) is 19.9. The zero-order valence-electron chi connectivity index (χ0n) is 18.6. The second kappa shape index (κ2) is 6.34. The second-order valence-electron chi connectivity index (χ2n) is 5.66. The molecule has 0 saturated carbocycles. The molecule has 0 spiro atoms. The number of halogens is 1. The monoisotopic (exact) mass is 331 g/mol. The molecule has 3 aromatic rings. The summed E-state index contributed by atoms with van der Waals surface area (Å²) in [4.78, 5) is 6.65. The van der Waals surface area contributed by atoms with Gasteiger partial charge in [-0.1, -0.05) is 35.8 Å². The van der Waals surface area contributed by atoms with Gasteiger partial charge >= 0.3 is 0 Å². The van der Waals surface area contributed by atoms with Crippen LogP contribution in [0.3, 0.4) is 0 Å². The molecule has 2 heterocycles. The van der Waals surface area contributed by atoms with E-state index in [2.05, 4.69) is 9.88 Å². The lowest BCUT2D eigenvalue weighted by Gasteiger charge is -2.16. The lowest BCUT2D eigenvalue weighted by molar-refractivity contribution is 0.318. The smallest absolute Gasteiger partial charge is 0.124 e. The molecule has 1 saturated heterocycles. The number of imidazole rings is 1. The van der Waals surface area contributed by atoms with Crippen LogP contribution in [0.4, 0.5) is 0 Å². The zero-order chi connectivity index (χ0) is 20.9. The number of rotatable bonds is 4. The molecular formula is C19H20ClN3. The van der Waals surface area contributed by atoms with Gasteiger partial charge in [-0.15, -0.1) is 0 Å². The molecule has 0 bridgehead atoms. The van der Waals surface area contributed by atoms with Crippen LogP contribution in [0.15, 0.2) is 48.4 Å². The summed E-state index contributed by atoms with van der Waals surface area (Å²) in [6.45, 7) is 0.0535. The summed E-state index contributed by atoms with van der Waals surface area (Å²) >= 11 is 5.96. The van der Waals surface area contributed by atoms with E-state index in [9.17, 15) is 0 Å². The summed E-state index contributed by atoms with van der Waals surface area (Å²) in [7, 11) is 0. The molecule has 3 nitrogen and oxygen atoms in total. The van der Waals surface area contributed by atoms with E-state index in [0.29, 0.717) is 23.0 Å². The van der Waals surface area contributed by atoms with Gasteiger partial charge in [-0.2, -0.15) is 0 Å². The Morgan fingerprint density at radius 1 is 1.13 bits per heavy atom. The van der Waals surface area contributed by atoms with Gasteiger partial charge in [-0.3, -0.25) is 4.90 Å². The summed E-state index contributed by atoms with van der Waals surface area (Å²) in [5.41, 5.74) is 0.490. The topological polar surface area (TPSA) is 21.1 Å². The molecule has 4 rings (SSSR count). The fraction of sp³-hybridized carbons (Fsp3) is 0.316. The van der Waals surface area contributed by atoms with E-state index in [0.717, 1.165) is 25.9 Å². The van der Waals surface area contributed by atoms with Crippen LogP contribution < -0.4 is 0 Å². The van der Waals surface area contributed by atoms with Crippen molar-refractivity contribution < 1.29 is 8.22 Å². The lowest BCUT2D eigenvalue weighted by atomic mass is 10.2. The molecule has 0 N–H and O–H groups in total. The molecule has 1 aliphatic heterocycles. The van der Waals surface area contributed by atoms with Crippen molar-refractivity contribution in [3.63, 3.8) is 0 Å². The minimum atomic E-state index is -2.08. The molecule has 1 aliphatic rings. The number of hydrogen-bond donors (Lipinski definition) is 0. The van der Waals surface area contributed by atoms with Gasteiger partial charge in [0.25, 0.3) is 0 Å². The summed E-state index contributed by atoms with van der Waals surface area (Å²) in [5.74, 6) is 0.383. The van der Waals surface area contributed by atoms with E-state index in [-0.39, 0.29) is 29.2 Å². The Hall–Kier alpha value is -1.84. The third-order valence-electron chi connectivity index (χ3n) is 4.02. The van der Waals surface area contributed by atoms with Crippen LogP contribution in [-0.2, 0) is 13.0 Å². The van der Waals surface area contributed by atoms with Gasteiger partial charge in [0.1, 0.15) is 5.82 Å². The van der Waals surface area contributed by atoms with E-state index in [1.54, 1.807) is 24.3 Å². The van der Waals surface area contributed by atoms with Gasteiger partial charge in [0.15, 0.2) is 0 Å². The van der Waals surface area contributed by atoms with Gasteiger partial charge < -0.3 is 4.57 Å². The molecule has 2 aromatic carbocycles. The molecular weight excluding hydrogens is 306 g/mol. The van der Waals surface area contributed by atoms with Crippen LogP contribution in [0.25, 0.3) is 11.0 Å². The highest BCUT2D eigenvalue weighted by Gasteiger charge is 2.17. The van der Waals surface area contributed by atoms with E-state index in [1.165, 1.54) is 4.57 Å². The first-order valence-electron chi connectivity index (χ1n) is 10.7. The van der Waals surface area contributed by atoms with E-state index in [1.807, 2.05) is 0 Å². The highest BCUT2D eigenvalue weighted by Crippen LogP contribution is 2.21. The van der Waals surface area contributed by atoms with Gasteiger partial charge in [0.05, 0.1) is 25.8 Å². The zero-order valence-corrected chi connectivity index (χ0v) is 13.3. The third-order valence-corrected chi connectivity index (χ3v) is 4.27. The summed E-state index contributed by atoms with van der Waals surface area (Å²) in [6.07, 6.45) is 2.12. The highest BCUT2D eigenvalue weighted by molar-refractivity contribution is 6.30. The minimum absolute atomic E-state index is 0.0742. The number of benzene rings is 2. The van der Waals surface area contributed by atoms with Crippen molar-refractivity contribution in [1.82, 2.24) is 14.5 Å². The number of fused-ring (bicyclic) bond motifs is 1. The van der Waals surface area contributed by atoms with Crippen LogP contribution in [0, 0.1) is 0 Å². The summed E-state index contributed by atoms with van der Waals surface area (Å²) in [5, 5.41) is 0.485. The van der Waals surface area contributed by atoms with Gasteiger partial charge in [-0.25, -0.2) is 4.98 Å². The third kappa shape index (κ3) is 3.12. The van der Waals surface area contributed by atoms with Crippen LogP contribution in [0.2, 0.25) is 5.02 Å². The first-order chi connectivity index (χ1) is 13.7. The first kappa shape index (κ1) is 9.45. The average molecular weight is 332 g/mol. The van der Waals surface area contributed by atoms with Crippen LogP contribution in [0.1, 0.15) is 32.5 Å². The van der Waals surface area contributed by atoms with Crippen molar-refractivity contribution in [2.24, 2.45) is 0 Å². The van der Waals surface area contributed by atoms with Crippen molar-refractivity contribution in [2.45, 2.75) is 25.9 Å². The molecule has 0 amide bonds. The molecule has 0 radical (unpaired) electrons. The van der Waals surface area contributed by atoms with E-state index >= 15 is 0 Å². The Labute approximate surface area is 149 Å². The molecule has 0 aliphatic carbocycles. The van der Waals surface area contributed by atoms with Gasteiger partial charge in [0.2, 0.25) is 0 Å². The number of likely N-dealkylation sites (tertiary alicyclic amines) is 1. The fourth-order valence-electron chi connectivity index (χ4n) is 2.87. The SMILES string of the molecule is [2H]c1c([2H])c([2H])c2c(nc(CN3CCCC3)n2C([2H])([2H])c2ccc(Cl)cc2)c1[2H]. The average Bonchev–Trinajstić information content (AvgIpc) is 3.33. The fourth-order valence-corrected chi connectivity index (χ4v) is 3.00. The Bertz CT molecular complexity index is 1070. The maximum absolute atomic E-state index is 8.86. The molecule has 1 fully saturated rings. The van der Waals surface area contributed by atoms with E-state index in [4.69, 9.17) is 19.8 Å². The molecule has 1 aromatic heterocycles. The highest BCUT2D eigenvalue weighted by atomic mass is 35.5. The van der Waals surface area contributed by atoms with Crippen LogP contribution >= 0.6 is 11.6 Å². The van der Waals surface area contributed by atoms with Gasteiger partial charge in [0, 0.05) is 11.5 Å². The van der Waals surface area contributed by atoms with Crippen molar-refractivity contribution >= 4 is 22.6 Å². The largest absolute Gasteiger partial charge is 0.322 e. The summed E-state index contributed by atoms with van der Waals surface area (Å²) in [6, 6.07) is 5.05. The number of aromatic nitrogens is 2. The Balaban J connectivity index is 1.99. The Morgan fingerprint density at radius 2 is 1.87 bits per heavy atom. The number of hydrogen-bond acceptors (Lipinski definition) is 2. The van der Waals surface area contributed by atoms with Crippen molar-refractivity contribution in [3.8, 4) is 0 Å². The molecule has 118 valence electrons. The first-order valence-corrected chi connectivity index (χ1v) is 8.06. The Morgan fingerprint density at radius 3 is 2.65 bits per heavy atom. The van der Waals surface area contributed by atoms with Crippen molar-refractivity contribution in [3.05, 3.63) is 64.8 Å². The predicted octanol–water partition coefficient (Wildman–Crippen LogP) is 4.33. The molecule has 0 unspecified atom stereocenters. The Kier molecular flexibility index (Phi) is 2.61. The van der Waals surface area contributed by atoms with Crippen molar-refractivity contribution in [1.29, 1.82) is 0 Å². The lowest BCUT2D eigenvalue weighted by Crippen LogP contribution is -2.21. The molecule has 23 heavy (non-hydrogen) atoms. The second-order valence-corrected chi connectivity index (χ2v) is 6.10. The van der Waals surface area contributed by atoms with Gasteiger partial charge in [-0.05, 0) is 55.7 Å². The molecule has 0 atom stereocenters. The quantitative estimate of drug-likeness (QED) is 0.709. The van der Waals surface area contributed by atoms with Crippen molar-refractivity contribution in [2.75, 3.05) is 13.1 Å². The maximum Gasteiger partial charge on any atom is 0.124 e. The van der Waals surface area contributed by atoms with Crippen LogP contribution in [0.5, 0.6) is 0 Å². The van der Waals surface area contributed by atoms with E-state index < -0.39 is 12.5 Å². The molecule has 4 heteroatoms. The predicted molar refractivity (Wildman–Crippen MR) is 94.8 cm³/mol. The number of para-hydroxylation sites is 2. The minimum Gasteiger partial charge on any atom is -0.322 e. The standard InChI is InChI=1S/C19H20ClN3/c20-16-9-7-15(8-10-16)13-23-18-6-2-1-5-17(18)21-19(23)14-22-11-3-4-12-22/h1-2,5-10H,3-4,11-14H2/i1D,2D,5D,6D,13D2. The summed E-state index contributed by atoms with van der Waals surface area (Å²) < 4.78 is 51.7.